The zero-order valence-electron chi connectivity index (χ0n) is 9.98. The second kappa shape index (κ2) is 4.26. The van der Waals surface area contributed by atoms with Crippen molar-refractivity contribution in [3.8, 4) is 11.1 Å². The molecule has 0 radical (unpaired) electrons. The summed E-state index contributed by atoms with van der Waals surface area (Å²) in [5.74, 6) is 0. The van der Waals surface area contributed by atoms with Crippen molar-refractivity contribution >= 4 is 27.3 Å². The minimum atomic E-state index is -3.55. The van der Waals surface area contributed by atoms with Crippen molar-refractivity contribution in [2.24, 2.45) is 0 Å². The van der Waals surface area contributed by atoms with Crippen LogP contribution in [0.5, 0.6) is 0 Å². The minimum absolute atomic E-state index is 0.148. The molecular formula is C12H11ClN2O3S. The Morgan fingerprint density at radius 1 is 1.37 bits per heavy atom. The van der Waals surface area contributed by atoms with Gasteiger partial charge < -0.3 is 9.73 Å². The number of sulfonamides is 1. The van der Waals surface area contributed by atoms with Crippen molar-refractivity contribution in [3.63, 3.8) is 0 Å². The Bertz CT molecular complexity index is 726. The highest BCUT2D eigenvalue weighted by Gasteiger charge is 2.29. The molecule has 7 heteroatoms. The average molecular weight is 299 g/mol. The molecule has 1 aromatic carbocycles. The van der Waals surface area contributed by atoms with E-state index in [1.54, 1.807) is 25.3 Å². The predicted octanol–water partition coefficient (Wildman–Crippen LogP) is 2.65. The van der Waals surface area contributed by atoms with Gasteiger partial charge in [0.2, 0.25) is 10.0 Å². The van der Waals surface area contributed by atoms with Gasteiger partial charge in [0.15, 0.2) is 0 Å². The van der Waals surface area contributed by atoms with Crippen molar-refractivity contribution in [2.45, 2.75) is 18.0 Å². The molecule has 2 N–H and O–H groups in total. The minimum Gasteiger partial charge on any atom is -0.472 e. The van der Waals surface area contributed by atoms with Crippen LogP contribution in [-0.2, 0) is 10.0 Å². The number of anilines is 1. The highest BCUT2D eigenvalue weighted by molar-refractivity contribution is 7.89. The van der Waals surface area contributed by atoms with E-state index in [2.05, 4.69) is 10.0 Å². The van der Waals surface area contributed by atoms with Crippen LogP contribution in [0.15, 0.2) is 40.0 Å². The number of benzene rings is 1. The quantitative estimate of drug-likeness (QED) is 0.849. The molecule has 1 atom stereocenters. The lowest BCUT2D eigenvalue weighted by Gasteiger charge is -2.27. The number of nitrogens with one attached hydrogen (secondary N) is 2. The molecular weight excluding hydrogens is 288 g/mol. The summed E-state index contributed by atoms with van der Waals surface area (Å²) in [4.78, 5) is 0.148. The maximum atomic E-state index is 12.1. The molecule has 0 bridgehead atoms. The van der Waals surface area contributed by atoms with E-state index in [-0.39, 0.29) is 11.1 Å². The fourth-order valence-corrected chi connectivity index (χ4v) is 3.78. The Balaban J connectivity index is 2.32. The van der Waals surface area contributed by atoms with Gasteiger partial charge in [-0.05, 0) is 25.1 Å². The summed E-state index contributed by atoms with van der Waals surface area (Å²) in [6, 6.07) is 4.90. The molecule has 2 aromatic rings. The Kier molecular flexibility index (Phi) is 2.81. The first kappa shape index (κ1) is 12.5. The molecule has 2 heterocycles. The highest BCUT2D eigenvalue weighted by atomic mass is 35.5. The fraction of sp³-hybridized carbons (Fsp3) is 0.167. The molecule has 100 valence electrons. The van der Waals surface area contributed by atoms with Crippen molar-refractivity contribution < 1.29 is 12.8 Å². The lowest BCUT2D eigenvalue weighted by molar-refractivity contribution is 0.565. The van der Waals surface area contributed by atoms with Crippen LogP contribution in [0.25, 0.3) is 11.1 Å². The molecule has 3 rings (SSSR count). The fourth-order valence-electron chi connectivity index (χ4n) is 2.13. The van der Waals surface area contributed by atoms with E-state index < -0.39 is 10.0 Å². The summed E-state index contributed by atoms with van der Waals surface area (Å²) in [5, 5.41) is 3.47. The molecule has 1 aliphatic heterocycles. The van der Waals surface area contributed by atoms with Gasteiger partial charge in [0.1, 0.15) is 4.90 Å². The second-order valence-electron chi connectivity index (χ2n) is 4.33. The average Bonchev–Trinajstić information content (AvgIpc) is 2.82. The zero-order valence-corrected chi connectivity index (χ0v) is 11.5. The first-order valence-electron chi connectivity index (χ1n) is 5.62. The number of halogens is 1. The Morgan fingerprint density at radius 2 is 2.16 bits per heavy atom. The van der Waals surface area contributed by atoms with E-state index in [0.29, 0.717) is 16.3 Å². The standard InChI is InChI=1S/C12H11ClN2O3S/c1-7-14-12-10(8-2-3-18-6-8)4-9(13)5-11(12)19(16,17)15-7/h2-7,14-15H,1H3. The van der Waals surface area contributed by atoms with Crippen LogP contribution in [0.4, 0.5) is 5.69 Å². The molecule has 1 aliphatic rings. The van der Waals surface area contributed by atoms with Gasteiger partial charge in [-0.3, -0.25) is 0 Å². The molecule has 0 saturated heterocycles. The molecule has 0 amide bonds. The van der Waals surface area contributed by atoms with Crippen LogP contribution < -0.4 is 10.0 Å². The topological polar surface area (TPSA) is 71.3 Å². The largest absolute Gasteiger partial charge is 0.472 e. The normalized spacial score (nSPS) is 20.6. The number of rotatable bonds is 1. The van der Waals surface area contributed by atoms with Crippen LogP contribution in [0.1, 0.15) is 6.92 Å². The molecule has 0 saturated carbocycles. The van der Waals surface area contributed by atoms with Crippen molar-refractivity contribution in [1.29, 1.82) is 0 Å². The van der Waals surface area contributed by atoms with Crippen molar-refractivity contribution in [2.75, 3.05) is 5.32 Å². The number of furan rings is 1. The van der Waals surface area contributed by atoms with Gasteiger partial charge in [0.25, 0.3) is 0 Å². The van der Waals surface area contributed by atoms with Crippen LogP contribution >= 0.6 is 11.6 Å². The summed E-state index contributed by atoms with van der Waals surface area (Å²) >= 11 is 6.01. The first-order chi connectivity index (χ1) is 8.97. The lowest BCUT2D eigenvalue weighted by atomic mass is 10.1. The Morgan fingerprint density at radius 3 is 2.84 bits per heavy atom. The van der Waals surface area contributed by atoms with Gasteiger partial charge in [-0.2, -0.15) is 4.72 Å². The third-order valence-corrected chi connectivity index (χ3v) is 4.66. The third kappa shape index (κ3) is 2.11. The second-order valence-corrected chi connectivity index (χ2v) is 6.44. The van der Waals surface area contributed by atoms with Crippen molar-refractivity contribution in [3.05, 3.63) is 35.7 Å². The van der Waals surface area contributed by atoms with Gasteiger partial charge in [0, 0.05) is 16.1 Å². The van der Waals surface area contributed by atoms with Gasteiger partial charge in [-0.25, -0.2) is 8.42 Å². The molecule has 1 aromatic heterocycles. The predicted molar refractivity (Wildman–Crippen MR) is 72.6 cm³/mol. The Labute approximate surface area is 115 Å². The number of hydrogen-bond acceptors (Lipinski definition) is 4. The maximum absolute atomic E-state index is 12.1. The van der Waals surface area contributed by atoms with E-state index in [4.69, 9.17) is 16.0 Å². The molecule has 5 nitrogen and oxygen atoms in total. The van der Waals surface area contributed by atoms with Crippen LogP contribution in [0.2, 0.25) is 5.02 Å². The van der Waals surface area contributed by atoms with E-state index in [9.17, 15) is 8.42 Å². The summed E-state index contributed by atoms with van der Waals surface area (Å²) < 4.78 is 31.8. The van der Waals surface area contributed by atoms with Gasteiger partial charge in [0.05, 0.1) is 24.4 Å². The summed E-state index contributed by atoms with van der Waals surface area (Å²) in [6.07, 6.45) is 2.69. The van der Waals surface area contributed by atoms with Crippen LogP contribution in [0.3, 0.4) is 0 Å². The summed E-state index contributed by atoms with van der Waals surface area (Å²) in [5.41, 5.74) is 2.01. The number of hydrogen-bond donors (Lipinski definition) is 2. The monoisotopic (exact) mass is 298 g/mol. The smallest absolute Gasteiger partial charge is 0.244 e. The van der Waals surface area contributed by atoms with Crippen LogP contribution in [0, 0.1) is 0 Å². The van der Waals surface area contributed by atoms with Gasteiger partial charge >= 0.3 is 0 Å². The first-order valence-corrected chi connectivity index (χ1v) is 7.48. The van der Waals surface area contributed by atoms with Crippen molar-refractivity contribution in [1.82, 2.24) is 4.72 Å². The van der Waals surface area contributed by atoms with Crippen LogP contribution in [-0.4, -0.2) is 14.6 Å². The Hall–Kier alpha value is -1.50. The molecule has 0 fully saturated rings. The molecule has 19 heavy (non-hydrogen) atoms. The summed E-state index contributed by atoms with van der Waals surface area (Å²) in [7, 11) is -3.55. The maximum Gasteiger partial charge on any atom is 0.244 e. The van der Waals surface area contributed by atoms with E-state index in [1.165, 1.54) is 12.3 Å². The highest BCUT2D eigenvalue weighted by Crippen LogP contribution is 2.38. The van der Waals surface area contributed by atoms with E-state index in [0.717, 1.165) is 5.56 Å². The summed E-state index contributed by atoms with van der Waals surface area (Å²) in [6.45, 7) is 1.73. The SMILES string of the molecule is CC1Nc2c(-c3ccoc3)cc(Cl)cc2S(=O)(=O)N1. The third-order valence-electron chi connectivity index (χ3n) is 2.88. The van der Waals surface area contributed by atoms with Gasteiger partial charge in [-0.15, -0.1) is 0 Å². The lowest BCUT2D eigenvalue weighted by Crippen LogP contribution is -2.42. The van der Waals surface area contributed by atoms with E-state index in [1.807, 2.05) is 0 Å². The molecule has 0 aliphatic carbocycles. The van der Waals surface area contributed by atoms with Gasteiger partial charge in [-0.1, -0.05) is 11.6 Å². The van der Waals surface area contributed by atoms with E-state index >= 15 is 0 Å². The molecule has 0 spiro atoms. The number of fused-ring (bicyclic) bond motifs is 1. The zero-order chi connectivity index (χ0) is 13.6. The molecule has 1 unspecified atom stereocenters.